The van der Waals surface area contributed by atoms with Crippen molar-refractivity contribution in [3.63, 3.8) is 0 Å². The zero-order valence-electron chi connectivity index (χ0n) is 14.7. The lowest BCUT2D eigenvalue weighted by atomic mass is 10.1. The summed E-state index contributed by atoms with van der Waals surface area (Å²) >= 11 is 0. The highest BCUT2D eigenvalue weighted by Crippen LogP contribution is 2.07. The van der Waals surface area contributed by atoms with E-state index in [1.54, 1.807) is 12.3 Å². The van der Waals surface area contributed by atoms with E-state index >= 15 is 0 Å². The van der Waals surface area contributed by atoms with Crippen LogP contribution in [0.2, 0.25) is 0 Å². The first-order valence-corrected chi connectivity index (χ1v) is 8.23. The number of carbonyl (C=O) groups is 1. The van der Waals surface area contributed by atoms with Crippen molar-refractivity contribution in [2.75, 3.05) is 32.5 Å². The Hall–Kier alpha value is -2.40. The molecule has 0 fully saturated rings. The number of nitrogens with zero attached hydrogens (tertiary/aromatic N) is 2. The van der Waals surface area contributed by atoms with E-state index in [2.05, 4.69) is 34.6 Å². The monoisotopic (exact) mass is 326 g/mol. The van der Waals surface area contributed by atoms with Crippen LogP contribution in [0.1, 0.15) is 28.0 Å². The van der Waals surface area contributed by atoms with E-state index in [1.807, 2.05) is 37.3 Å². The SMILES string of the molecule is Cc1ccc(CNC(=O)c2ccc(NCCCN(C)C)cn2)cc1. The predicted molar refractivity (Wildman–Crippen MR) is 98.2 cm³/mol. The lowest BCUT2D eigenvalue weighted by Crippen LogP contribution is -2.23. The van der Waals surface area contributed by atoms with E-state index in [-0.39, 0.29) is 5.91 Å². The minimum Gasteiger partial charge on any atom is -0.384 e. The van der Waals surface area contributed by atoms with Gasteiger partial charge in [-0.2, -0.15) is 0 Å². The van der Waals surface area contributed by atoms with Crippen LogP contribution in [0.25, 0.3) is 0 Å². The van der Waals surface area contributed by atoms with Crippen LogP contribution in [0.15, 0.2) is 42.6 Å². The van der Waals surface area contributed by atoms with E-state index < -0.39 is 0 Å². The number of pyridine rings is 1. The fraction of sp³-hybridized carbons (Fsp3) is 0.368. The molecule has 2 rings (SSSR count). The number of nitrogens with one attached hydrogen (secondary N) is 2. The molecule has 0 unspecified atom stereocenters. The molecular formula is C19H26N4O. The van der Waals surface area contributed by atoms with Gasteiger partial charge in [0.1, 0.15) is 5.69 Å². The fourth-order valence-electron chi connectivity index (χ4n) is 2.24. The van der Waals surface area contributed by atoms with Crippen molar-refractivity contribution in [3.05, 3.63) is 59.4 Å². The molecule has 5 heteroatoms. The lowest BCUT2D eigenvalue weighted by molar-refractivity contribution is 0.0946. The molecule has 128 valence electrons. The zero-order chi connectivity index (χ0) is 17.4. The van der Waals surface area contributed by atoms with E-state index in [4.69, 9.17) is 0 Å². The second-order valence-corrected chi connectivity index (χ2v) is 6.18. The van der Waals surface area contributed by atoms with Crippen LogP contribution >= 0.6 is 0 Å². The first kappa shape index (κ1) is 17.9. The molecule has 1 amide bonds. The summed E-state index contributed by atoms with van der Waals surface area (Å²) in [6.45, 7) is 4.48. The minimum atomic E-state index is -0.158. The molecule has 2 N–H and O–H groups in total. The predicted octanol–water partition coefficient (Wildman–Crippen LogP) is 2.68. The van der Waals surface area contributed by atoms with Gasteiger partial charge >= 0.3 is 0 Å². The van der Waals surface area contributed by atoms with Gasteiger partial charge in [0.2, 0.25) is 0 Å². The topological polar surface area (TPSA) is 57.3 Å². The molecule has 2 aromatic rings. The van der Waals surface area contributed by atoms with Crippen molar-refractivity contribution in [1.82, 2.24) is 15.2 Å². The van der Waals surface area contributed by atoms with Gasteiger partial charge in [-0.1, -0.05) is 29.8 Å². The second-order valence-electron chi connectivity index (χ2n) is 6.18. The van der Waals surface area contributed by atoms with E-state index in [1.165, 1.54) is 5.56 Å². The molecule has 24 heavy (non-hydrogen) atoms. The van der Waals surface area contributed by atoms with Gasteiger partial charge in [-0.3, -0.25) is 4.79 Å². The number of carbonyl (C=O) groups excluding carboxylic acids is 1. The van der Waals surface area contributed by atoms with Crippen molar-refractivity contribution >= 4 is 11.6 Å². The maximum Gasteiger partial charge on any atom is 0.270 e. The third-order valence-electron chi connectivity index (χ3n) is 3.68. The number of aromatic nitrogens is 1. The number of amides is 1. The first-order valence-electron chi connectivity index (χ1n) is 8.23. The number of benzene rings is 1. The van der Waals surface area contributed by atoms with Crippen LogP contribution in [-0.4, -0.2) is 43.0 Å². The highest BCUT2D eigenvalue weighted by atomic mass is 16.1. The van der Waals surface area contributed by atoms with Crippen molar-refractivity contribution in [3.8, 4) is 0 Å². The Labute approximate surface area is 144 Å². The Morgan fingerprint density at radius 2 is 1.88 bits per heavy atom. The molecule has 0 atom stereocenters. The fourth-order valence-corrected chi connectivity index (χ4v) is 2.24. The van der Waals surface area contributed by atoms with Crippen LogP contribution in [0.3, 0.4) is 0 Å². The van der Waals surface area contributed by atoms with Gasteiger partial charge in [0.15, 0.2) is 0 Å². The lowest BCUT2D eigenvalue weighted by Gasteiger charge is -2.10. The molecule has 0 aliphatic heterocycles. The average molecular weight is 326 g/mol. The van der Waals surface area contributed by atoms with Gasteiger partial charge in [0.25, 0.3) is 5.91 Å². The molecule has 0 aliphatic rings. The van der Waals surface area contributed by atoms with Crippen LogP contribution < -0.4 is 10.6 Å². The summed E-state index contributed by atoms with van der Waals surface area (Å²) in [5.74, 6) is -0.158. The number of hydrogen-bond acceptors (Lipinski definition) is 4. The van der Waals surface area contributed by atoms with Crippen molar-refractivity contribution in [2.24, 2.45) is 0 Å². The molecule has 0 saturated carbocycles. The van der Waals surface area contributed by atoms with Crippen LogP contribution in [0.5, 0.6) is 0 Å². The molecule has 0 spiro atoms. The summed E-state index contributed by atoms with van der Waals surface area (Å²) in [5, 5.41) is 6.20. The van der Waals surface area contributed by atoms with E-state index in [0.29, 0.717) is 12.2 Å². The average Bonchev–Trinajstić information content (AvgIpc) is 2.58. The quantitative estimate of drug-likeness (QED) is 0.732. The summed E-state index contributed by atoms with van der Waals surface area (Å²) in [4.78, 5) is 18.5. The molecule has 1 heterocycles. The van der Waals surface area contributed by atoms with Gasteiger partial charge < -0.3 is 15.5 Å². The normalized spacial score (nSPS) is 10.7. The minimum absolute atomic E-state index is 0.158. The van der Waals surface area contributed by atoms with Crippen molar-refractivity contribution in [2.45, 2.75) is 19.9 Å². The molecule has 5 nitrogen and oxygen atoms in total. The van der Waals surface area contributed by atoms with Gasteiger partial charge in [0.05, 0.1) is 11.9 Å². The smallest absolute Gasteiger partial charge is 0.270 e. The van der Waals surface area contributed by atoms with Crippen LogP contribution in [0, 0.1) is 6.92 Å². The Balaban J connectivity index is 1.79. The zero-order valence-corrected chi connectivity index (χ0v) is 14.7. The molecule has 1 aromatic carbocycles. The van der Waals surface area contributed by atoms with Gasteiger partial charge in [-0.25, -0.2) is 4.98 Å². The summed E-state index contributed by atoms with van der Waals surface area (Å²) < 4.78 is 0. The first-order chi connectivity index (χ1) is 11.5. The van der Waals surface area contributed by atoms with E-state index in [0.717, 1.165) is 30.8 Å². The van der Waals surface area contributed by atoms with Gasteiger partial charge in [-0.15, -0.1) is 0 Å². The summed E-state index contributed by atoms with van der Waals surface area (Å²) in [6, 6.07) is 11.8. The van der Waals surface area contributed by atoms with Gasteiger partial charge in [0, 0.05) is 13.1 Å². The van der Waals surface area contributed by atoms with Crippen LogP contribution in [0.4, 0.5) is 5.69 Å². The Morgan fingerprint density at radius 1 is 1.12 bits per heavy atom. The Kier molecular flexibility index (Phi) is 6.75. The molecule has 0 bridgehead atoms. The number of rotatable bonds is 8. The summed E-state index contributed by atoms with van der Waals surface area (Å²) in [6.07, 6.45) is 2.77. The maximum atomic E-state index is 12.1. The maximum absolute atomic E-state index is 12.1. The van der Waals surface area contributed by atoms with Crippen molar-refractivity contribution < 1.29 is 4.79 Å². The van der Waals surface area contributed by atoms with Crippen molar-refractivity contribution in [1.29, 1.82) is 0 Å². The molecule has 0 aliphatic carbocycles. The molecule has 0 radical (unpaired) electrons. The second kappa shape index (κ2) is 9.03. The molecule has 0 saturated heterocycles. The number of hydrogen-bond donors (Lipinski definition) is 2. The van der Waals surface area contributed by atoms with Crippen LogP contribution in [-0.2, 0) is 6.54 Å². The third kappa shape index (κ3) is 6.01. The number of anilines is 1. The summed E-state index contributed by atoms with van der Waals surface area (Å²) in [7, 11) is 4.12. The van der Waals surface area contributed by atoms with Gasteiger partial charge in [-0.05, 0) is 51.7 Å². The molecular weight excluding hydrogens is 300 g/mol. The van der Waals surface area contributed by atoms with E-state index in [9.17, 15) is 4.79 Å². The largest absolute Gasteiger partial charge is 0.384 e. The Morgan fingerprint density at radius 3 is 2.50 bits per heavy atom. The highest BCUT2D eigenvalue weighted by molar-refractivity contribution is 5.92. The molecule has 1 aromatic heterocycles. The third-order valence-corrected chi connectivity index (χ3v) is 3.68. The summed E-state index contributed by atoms with van der Waals surface area (Å²) in [5.41, 5.74) is 3.65. The Bertz CT molecular complexity index is 635. The number of aryl methyl sites for hydroxylation is 1. The standard InChI is InChI=1S/C19H26N4O/c1-15-5-7-16(8-6-15)13-22-19(24)18-10-9-17(14-21-18)20-11-4-12-23(2)3/h5-10,14,20H,4,11-13H2,1-3H3,(H,22,24). The highest BCUT2D eigenvalue weighted by Gasteiger charge is 2.06.